The van der Waals surface area contributed by atoms with Crippen molar-refractivity contribution in [2.45, 2.75) is 19.9 Å². The molecule has 0 fully saturated rings. The molecule has 0 bridgehead atoms. The Hall–Kier alpha value is -2.27. The lowest BCUT2D eigenvalue weighted by Gasteiger charge is -2.17. The van der Waals surface area contributed by atoms with E-state index in [2.05, 4.69) is 22.2 Å². The van der Waals surface area contributed by atoms with Gasteiger partial charge in [0.2, 0.25) is 0 Å². The smallest absolute Gasteiger partial charge is 0.158 e. The molecule has 0 radical (unpaired) electrons. The molecule has 0 saturated heterocycles. The standard InChI is InChI=1S/C15H15N5/c1-10-14(11-2-5-16-6-3-11)19-20-13-4-7-17-8-12(13)9-18-15(10)20/h2-3,5-6,9,17H,4,7-8H2,1H3. The van der Waals surface area contributed by atoms with Gasteiger partial charge in [0.15, 0.2) is 5.65 Å². The minimum atomic E-state index is 0.877. The normalized spacial score (nSPS) is 14.4. The van der Waals surface area contributed by atoms with Crippen molar-refractivity contribution in [2.75, 3.05) is 6.54 Å². The van der Waals surface area contributed by atoms with Crippen LogP contribution in [0.25, 0.3) is 16.9 Å². The fourth-order valence-corrected chi connectivity index (χ4v) is 2.80. The van der Waals surface area contributed by atoms with Crippen molar-refractivity contribution in [1.29, 1.82) is 0 Å². The van der Waals surface area contributed by atoms with Crippen LogP contribution in [0.5, 0.6) is 0 Å². The van der Waals surface area contributed by atoms with E-state index in [9.17, 15) is 0 Å². The summed E-state index contributed by atoms with van der Waals surface area (Å²) in [7, 11) is 0. The Labute approximate surface area is 116 Å². The van der Waals surface area contributed by atoms with Gasteiger partial charge in [-0.1, -0.05) is 0 Å². The van der Waals surface area contributed by atoms with Gasteiger partial charge in [0, 0.05) is 54.8 Å². The summed E-state index contributed by atoms with van der Waals surface area (Å²) in [4.78, 5) is 8.65. The summed E-state index contributed by atoms with van der Waals surface area (Å²) >= 11 is 0. The lowest BCUT2D eigenvalue weighted by molar-refractivity contribution is 0.610. The highest BCUT2D eigenvalue weighted by molar-refractivity contribution is 5.70. The van der Waals surface area contributed by atoms with Crippen molar-refractivity contribution < 1.29 is 0 Å². The molecular weight excluding hydrogens is 250 g/mol. The molecule has 3 aromatic heterocycles. The zero-order valence-corrected chi connectivity index (χ0v) is 11.3. The van der Waals surface area contributed by atoms with E-state index in [0.717, 1.165) is 42.0 Å². The lowest BCUT2D eigenvalue weighted by atomic mass is 10.1. The monoisotopic (exact) mass is 265 g/mol. The predicted molar refractivity (Wildman–Crippen MR) is 76.4 cm³/mol. The molecule has 5 nitrogen and oxygen atoms in total. The number of hydrogen-bond acceptors (Lipinski definition) is 4. The molecule has 5 heteroatoms. The number of aromatic nitrogens is 4. The third kappa shape index (κ3) is 1.63. The van der Waals surface area contributed by atoms with Gasteiger partial charge >= 0.3 is 0 Å². The van der Waals surface area contributed by atoms with E-state index in [1.165, 1.54) is 11.3 Å². The average Bonchev–Trinajstić information content (AvgIpc) is 2.86. The van der Waals surface area contributed by atoms with Gasteiger partial charge in [-0.25, -0.2) is 9.50 Å². The van der Waals surface area contributed by atoms with Crippen molar-refractivity contribution in [2.24, 2.45) is 0 Å². The first-order chi connectivity index (χ1) is 9.84. The molecule has 0 unspecified atom stereocenters. The zero-order chi connectivity index (χ0) is 13.5. The Morgan fingerprint density at radius 1 is 1.25 bits per heavy atom. The number of pyridine rings is 1. The third-order valence-corrected chi connectivity index (χ3v) is 3.87. The van der Waals surface area contributed by atoms with Crippen molar-refractivity contribution in [3.05, 3.63) is 47.5 Å². The Morgan fingerprint density at radius 2 is 2.10 bits per heavy atom. The van der Waals surface area contributed by atoms with Crippen LogP contribution in [0.4, 0.5) is 0 Å². The molecule has 3 aromatic rings. The Bertz CT molecular complexity index is 776. The fraction of sp³-hybridized carbons (Fsp3) is 0.267. The molecule has 1 N–H and O–H groups in total. The summed E-state index contributed by atoms with van der Waals surface area (Å²) in [6.45, 7) is 3.95. The van der Waals surface area contributed by atoms with Crippen LogP contribution in [-0.4, -0.2) is 26.1 Å². The highest BCUT2D eigenvalue weighted by Crippen LogP contribution is 2.26. The quantitative estimate of drug-likeness (QED) is 0.728. The van der Waals surface area contributed by atoms with Gasteiger partial charge in [0.05, 0.1) is 11.4 Å². The van der Waals surface area contributed by atoms with Gasteiger partial charge < -0.3 is 5.32 Å². The van der Waals surface area contributed by atoms with E-state index in [-0.39, 0.29) is 0 Å². The van der Waals surface area contributed by atoms with Crippen LogP contribution >= 0.6 is 0 Å². The van der Waals surface area contributed by atoms with Crippen LogP contribution in [0.3, 0.4) is 0 Å². The third-order valence-electron chi connectivity index (χ3n) is 3.87. The first-order valence-corrected chi connectivity index (χ1v) is 6.82. The number of nitrogens with zero attached hydrogens (tertiary/aromatic N) is 4. The molecule has 1 aliphatic rings. The summed E-state index contributed by atoms with van der Waals surface area (Å²) in [5.74, 6) is 0. The second-order valence-corrected chi connectivity index (χ2v) is 5.10. The predicted octanol–water partition coefficient (Wildman–Crippen LogP) is 1.75. The van der Waals surface area contributed by atoms with Gasteiger partial charge in [-0.3, -0.25) is 4.98 Å². The molecule has 0 aliphatic carbocycles. The van der Waals surface area contributed by atoms with Gasteiger partial charge in [0.25, 0.3) is 0 Å². The van der Waals surface area contributed by atoms with Crippen LogP contribution in [0.2, 0.25) is 0 Å². The first-order valence-electron chi connectivity index (χ1n) is 6.82. The maximum absolute atomic E-state index is 4.79. The second-order valence-electron chi connectivity index (χ2n) is 5.10. The molecule has 4 heterocycles. The minimum Gasteiger partial charge on any atom is -0.312 e. The van der Waals surface area contributed by atoms with E-state index in [1.54, 1.807) is 12.4 Å². The van der Waals surface area contributed by atoms with Crippen LogP contribution in [0.15, 0.2) is 30.7 Å². The molecular formula is C15H15N5. The van der Waals surface area contributed by atoms with E-state index in [0.29, 0.717) is 0 Å². The SMILES string of the molecule is Cc1c(-c2ccncc2)nn2c3c(cnc12)CNCC3. The molecule has 1 aliphatic heterocycles. The van der Waals surface area contributed by atoms with Gasteiger partial charge in [-0.05, 0) is 19.1 Å². The minimum absolute atomic E-state index is 0.877. The molecule has 0 aromatic carbocycles. The van der Waals surface area contributed by atoms with Crippen LogP contribution in [0.1, 0.15) is 16.8 Å². The van der Waals surface area contributed by atoms with Crippen LogP contribution in [-0.2, 0) is 13.0 Å². The van der Waals surface area contributed by atoms with Crippen molar-refractivity contribution in [1.82, 2.24) is 24.9 Å². The van der Waals surface area contributed by atoms with E-state index in [1.807, 2.05) is 22.8 Å². The molecule has 0 spiro atoms. The molecule has 0 saturated carbocycles. The van der Waals surface area contributed by atoms with Crippen LogP contribution in [0, 0.1) is 6.92 Å². The molecule has 20 heavy (non-hydrogen) atoms. The molecule has 100 valence electrons. The molecule has 0 amide bonds. The first kappa shape index (κ1) is 11.5. The molecule has 4 rings (SSSR count). The topological polar surface area (TPSA) is 55.1 Å². The van der Waals surface area contributed by atoms with Crippen molar-refractivity contribution >= 4 is 5.65 Å². The van der Waals surface area contributed by atoms with E-state index in [4.69, 9.17) is 5.10 Å². The average molecular weight is 265 g/mol. The number of hydrogen-bond donors (Lipinski definition) is 1. The van der Waals surface area contributed by atoms with Crippen molar-refractivity contribution in [3.63, 3.8) is 0 Å². The van der Waals surface area contributed by atoms with Gasteiger partial charge in [-0.15, -0.1) is 0 Å². The summed E-state index contributed by atoms with van der Waals surface area (Å²) in [5, 5.41) is 8.16. The number of aryl methyl sites for hydroxylation is 1. The number of rotatable bonds is 1. The Morgan fingerprint density at radius 3 is 2.95 bits per heavy atom. The number of fused-ring (bicyclic) bond motifs is 3. The van der Waals surface area contributed by atoms with Crippen LogP contribution < -0.4 is 5.32 Å². The highest BCUT2D eigenvalue weighted by Gasteiger charge is 2.18. The largest absolute Gasteiger partial charge is 0.312 e. The zero-order valence-electron chi connectivity index (χ0n) is 11.3. The van der Waals surface area contributed by atoms with Gasteiger partial charge in [0.1, 0.15) is 0 Å². The highest BCUT2D eigenvalue weighted by atomic mass is 15.3. The summed E-state index contributed by atoms with van der Waals surface area (Å²) in [5.41, 5.74) is 6.68. The Kier molecular flexibility index (Phi) is 2.53. The fourth-order valence-electron chi connectivity index (χ4n) is 2.80. The summed E-state index contributed by atoms with van der Waals surface area (Å²) in [6.07, 6.45) is 6.56. The maximum atomic E-state index is 4.79. The lowest BCUT2D eigenvalue weighted by Crippen LogP contribution is -2.26. The van der Waals surface area contributed by atoms with E-state index < -0.39 is 0 Å². The van der Waals surface area contributed by atoms with E-state index >= 15 is 0 Å². The summed E-state index contributed by atoms with van der Waals surface area (Å²) in [6, 6.07) is 3.98. The maximum Gasteiger partial charge on any atom is 0.158 e. The second kappa shape index (κ2) is 4.38. The Balaban J connectivity index is 1.99. The summed E-state index contributed by atoms with van der Waals surface area (Å²) < 4.78 is 2.02. The number of nitrogens with one attached hydrogen (secondary N) is 1. The van der Waals surface area contributed by atoms with Gasteiger partial charge in [-0.2, -0.15) is 5.10 Å². The molecule has 0 atom stereocenters. The van der Waals surface area contributed by atoms with Crippen molar-refractivity contribution in [3.8, 4) is 11.3 Å².